The highest BCUT2D eigenvalue weighted by Gasteiger charge is 2.42. The Morgan fingerprint density at radius 1 is 1.53 bits per heavy atom. The lowest BCUT2D eigenvalue weighted by molar-refractivity contribution is 0.0219. The standard InChI is InChI=1S/C14H18N2O/c1-11-3-2-6-14(9-11,10-15)13(17)12-4-7-16-8-5-12/h4-5,7-8,11,13,17H,2-3,6,9H2,1H3. The van der Waals surface area contributed by atoms with E-state index in [2.05, 4.69) is 18.0 Å². The van der Waals surface area contributed by atoms with Gasteiger partial charge in [0.25, 0.3) is 0 Å². The average Bonchev–Trinajstić information content (AvgIpc) is 2.38. The number of aliphatic hydroxyl groups excluding tert-OH is 1. The summed E-state index contributed by atoms with van der Waals surface area (Å²) >= 11 is 0. The van der Waals surface area contributed by atoms with Gasteiger partial charge in [0.1, 0.15) is 0 Å². The third-order valence-electron chi connectivity index (χ3n) is 3.80. The molecule has 0 bridgehead atoms. The molecule has 3 atom stereocenters. The fourth-order valence-corrected chi connectivity index (χ4v) is 2.87. The molecule has 0 saturated heterocycles. The first-order valence-corrected chi connectivity index (χ1v) is 6.17. The second-order valence-corrected chi connectivity index (χ2v) is 5.15. The summed E-state index contributed by atoms with van der Waals surface area (Å²) in [5.74, 6) is 0.514. The van der Waals surface area contributed by atoms with Crippen LogP contribution >= 0.6 is 0 Å². The summed E-state index contributed by atoms with van der Waals surface area (Å²) in [5.41, 5.74) is 0.189. The molecule has 3 nitrogen and oxygen atoms in total. The molecule has 0 aromatic carbocycles. The lowest BCUT2D eigenvalue weighted by Gasteiger charge is -2.38. The van der Waals surface area contributed by atoms with E-state index in [4.69, 9.17) is 0 Å². The fraction of sp³-hybridized carbons (Fsp3) is 0.571. The number of aromatic nitrogens is 1. The second kappa shape index (κ2) is 4.85. The van der Waals surface area contributed by atoms with Gasteiger partial charge >= 0.3 is 0 Å². The van der Waals surface area contributed by atoms with Gasteiger partial charge in [-0.15, -0.1) is 0 Å². The Balaban J connectivity index is 2.27. The molecule has 1 fully saturated rings. The third kappa shape index (κ3) is 2.32. The quantitative estimate of drug-likeness (QED) is 0.850. The Kier molecular flexibility index (Phi) is 3.44. The van der Waals surface area contributed by atoms with Crippen LogP contribution < -0.4 is 0 Å². The lowest BCUT2D eigenvalue weighted by Crippen LogP contribution is -2.32. The number of aliphatic hydroxyl groups is 1. The molecule has 1 aliphatic carbocycles. The van der Waals surface area contributed by atoms with Crippen LogP contribution in [-0.2, 0) is 0 Å². The van der Waals surface area contributed by atoms with E-state index in [0.717, 1.165) is 31.2 Å². The molecule has 3 unspecified atom stereocenters. The number of nitrogens with zero attached hydrogens (tertiary/aromatic N) is 2. The minimum Gasteiger partial charge on any atom is -0.387 e. The normalized spacial score (nSPS) is 30.5. The Morgan fingerprint density at radius 3 is 2.82 bits per heavy atom. The molecule has 1 aromatic rings. The number of hydrogen-bond donors (Lipinski definition) is 1. The molecule has 1 heterocycles. The summed E-state index contributed by atoms with van der Waals surface area (Å²) in [6.07, 6.45) is 6.39. The van der Waals surface area contributed by atoms with Gasteiger partial charge < -0.3 is 5.11 Å². The van der Waals surface area contributed by atoms with E-state index in [1.165, 1.54) is 0 Å². The van der Waals surface area contributed by atoms with Crippen molar-refractivity contribution in [3.8, 4) is 6.07 Å². The molecule has 1 aliphatic rings. The van der Waals surface area contributed by atoms with Crippen LogP contribution in [0.2, 0.25) is 0 Å². The van der Waals surface area contributed by atoms with Crippen molar-refractivity contribution in [2.45, 2.75) is 38.7 Å². The fourth-order valence-electron chi connectivity index (χ4n) is 2.87. The highest BCUT2D eigenvalue weighted by molar-refractivity contribution is 5.21. The number of pyridine rings is 1. The molecule has 90 valence electrons. The Hall–Kier alpha value is -1.40. The summed E-state index contributed by atoms with van der Waals surface area (Å²) in [7, 11) is 0. The molecule has 1 aromatic heterocycles. The zero-order valence-electron chi connectivity index (χ0n) is 10.1. The zero-order valence-corrected chi connectivity index (χ0v) is 10.1. The van der Waals surface area contributed by atoms with E-state index in [9.17, 15) is 10.4 Å². The Labute approximate surface area is 102 Å². The zero-order chi connectivity index (χ0) is 12.3. The van der Waals surface area contributed by atoms with E-state index in [1.54, 1.807) is 24.5 Å². The predicted octanol–water partition coefficient (Wildman–Crippen LogP) is 2.84. The van der Waals surface area contributed by atoms with Crippen LogP contribution in [-0.4, -0.2) is 10.1 Å². The van der Waals surface area contributed by atoms with Gasteiger partial charge in [0.05, 0.1) is 17.6 Å². The summed E-state index contributed by atoms with van der Waals surface area (Å²) in [6.45, 7) is 2.16. The van der Waals surface area contributed by atoms with Crippen molar-refractivity contribution in [3.05, 3.63) is 30.1 Å². The highest BCUT2D eigenvalue weighted by atomic mass is 16.3. The predicted molar refractivity (Wildman–Crippen MR) is 64.9 cm³/mol. The van der Waals surface area contributed by atoms with E-state index < -0.39 is 11.5 Å². The number of nitriles is 1. The SMILES string of the molecule is CC1CCCC(C#N)(C(O)c2ccncc2)C1. The summed E-state index contributed by atoms with van der Waals surface area (Å²) < 4.78 is 0. The smallest absolute Gasteiger partial charge is 0.0977 e. The molecule has 2 rings (SSSR count). The average molecular weight is 230 g/mol. The maximum absolute atomic E-state index is 10.5. The topological polar surface area (TPSA) is 56.9 Å². The van der Waals surface area contributed by atoms with Crippen molar-refractivity contribution < 1.29 is 5.11 Å². The third-order valence-corrected chi connectivity index (χ3v) is 3.80. The number of rotatable bonds is 2. The van der Waals surface area contributed by atoms with Gasteiger partial charge in [-0.05, 0) is 36.5 Å². The van der Waals surface area contributed by atoms with Crippen molar-refractivity contribution in [1.82, 2.24) is 4.98 Å². The van der Waals surface area contributed by atoms with E-state index >= 15 is 0 Å². The molecule has 0 amide bonds. The van der Waals surface area contributed by atoms with Gasteiger partial charge in [-0.2, -0.15) is 5.26 Å². The lowest BCUT2D eigenvalue weighted by atomic mass is 9.66. The molecule has 3 heteroatoms. The molecule has 0 radical (unpaired) electrons. The van der Waals surface area contributed by atoms with Gasteiger partial charge in [0.15, 0.2) is 0 Å². The molecule has 0 aliphatic heterocycles. The first kappa shape index (κ1) is 12.1. The maximum Gasteiger partial charge on any atom is 0.0977 e. The Bertz CT molecular complexity index is 412. The van der Waals surface area contributed by atoms with Crippen LogP contribution in [0.1, 0.15) is 44.3 Å². The minimum absolute atomic E-state index is 0.514. The summed E-state index contributed by atoms with van der Waals surface area (Å²) in [4.78, 5) is 3.94. The van der Waals surface area contributed by atoms with Gasteiger partial charge in [-0.3, -0.25) is 4.98 Å². The van der Waals surface area contributed by atoms with Crippen LogP contribution in [0.25, 0.3) is 0 Å². The van der Waals surface area contributed by atoms with Crippen LogP contribution in [0.15, 0.2) is 24.5 Å². The second-order valence-electron chi connectivity index (χ2n) is 5.15. The van der Waals surface area contributed by atoms with Gasteiger partial charge in [0, 0.05) is 12.4 Å². The molecular formula is C14H18N2O. The first-order valence-electron chi connectivity index (χ1n) is 6.17. The van der Waals surface area contributed by atoms with Crippen molar-refractivity contribution in [1.29, 1.82) is 5.26 Å². The highest BCUT2D eigenvalue weighted by Crippen LogP contribution is 2.47. The van der Waals surface area contributed by atoms with Crippen molar-refractivity contribution >= 4 is 0 Å². The molecule has 1 saturated carbocycles. The van der Waals surface area contributed by atoms with Crippen LogP contribution in [0.4, 0.5) is 0 Å². The van der Waals surface area contributed by atoms with Crippen LogP contribution in [0.3, 0.4) is 0 Å². The molecule has 17 heavy (non-hydrogen) atoms. The van der Waals surface area contributed by atoms with E-state index in [0.29, 0.717) is 5.92 Å². The number of hydrogen-bond acceptors (Lipinski definition) is 3. The molecular weight excluding hydrogens is 212 g/mol. The summed E-state index contributed by atoms with van der Waals surface area (Å²) in [5, 5.41) is 19.9. The van der Waals surface area contributed by atoms with Crippen molar-refractivity contribution in [2.75, 3.05) is 0 Å². The van der Waals surface area contributed by atoms with Gasteiger partial charge in [-0.25, -0.2) is 0 Å². The van der Waals surface area contributed by atoms with Gasteiger partial charge in [0.2, 0.25) is 0 Å². The summed E-state index contributed by atoms with van der Waals surface area (Å²) in [6, 6.07) is 5.97. The van der Waals surface area contributed by atoms with E-state index in [1.807, 2.05) is 0 Å². The van der Waals surface area contributed by atoms with Crippen LogP contribution in [0.5, 0.6) is 0 Å². The Morgan fingerprint density at radius 2 is 2.24 bits per heavy atom. The van der Waals surface area contributed by atoms with E-state index in [-0.39, 0.29) is 0 Å². The van der Waals surface area contributed by atoms with Crippen molar-refractivity contribution in [3.63, 3.8) is 0 Å². The van der Waals surface area contributed by atoms with Crippen LogP contribution in [0, 0.1) is 22.7 Å². The van der Waals surface area contributed by atoms with Gasteiger partial charge in [-0.1, -0.05) is 19.8 Å². The van der Waals surface area contributed by atoms with Crippen molar-refractivity contribution in [2.24, 2.45) is 11.3 Å². The maximum atomic E-state index is 10.5. The molecule has 0 spiro atoms. The molecule has 1 N–H and O–H groups in total. The minimum atomic E-state index is -0.696. The monoisotopic (exact) mass is 230 g/mol. The largest absolute Gasteiger partial charge is 0.387 e. The first-order chi connectivity index (χ1) is 8.18.